The average molecular weight is 458 g/mol. The van der Waals surface area contributed by atoms with E-state index in [1.165, 1.54) is 35.7 Å². The molecule has 0 saturated heterocycles. The third-order valence-corrected chi connectivity index (χ3v) is 6.99. The van der Waals surface area contributed by atoms with E-state index in [2.05, 4.69) is 4.98 Å². The summed E-state index contributed by atoms with van der Waals surface area (Å²) in [6, 6.07) is 12.7. The van der Waals surface area contributed by atoms with Crippen LogP contribution in [0.5, 0.6) is 0 Å². The van der Waals surface area contributed by atoms with E-state index in [0.29, 0.717) is 0 Å². The summed E-state index contributed by atoms with van der Waals surface area (Å²) < 4.78 is 33.3. The molecule has 160 valence electrons. The quantitative estimate of drug-likeness (QED) is 0.275. The predicted molar refractivity (Wildman–Crippen MR) is 118 cm³/mol. The molecular weight excluding hydrogens is 438 g/mol. The molecule has 31 heavy (non-hydrogen) atoms. The van der Waals surface area contributed by atoms with Crippen LogP contribution in [-0.4, -0.2) is 20.0 Å². The third-order valence-electron chi connectivity index (χ3n) is 4.76. The number of carbonyl (C=O) groups excluding carboxylic acids is 1. The molecule has 2 aromatic heterocycles. The monoisotopic (exact) mass is 458 g/mol. The van der Waals surface area contributed by atoms with Gasteiger partial charge in [-0.15, -0.1) is 11.3 Å². The molecule has 2 aromatic carbocycles. The number of halogens is 1. The largest absolute Gasteiger partial charge is 0.437 e. The Bertz CT molecular complexity index is 1290. The Morgan fingerprint density at radius 2 is 2.03 bits per heavy atom. The van der Waals surface area contributed by atoms with Crippen molar-refractivity contribution < 1.29 is 23.2 Å². The summed E-state index contributed by atoms with van der Waals surface area (Å²) in [5, 5.41) is 2.30. The summed E-state index contributed by atoms with van der Waals surface area (Å²) in [5.74, 6) is -0.979. The van der Waals surface area contributed by atoms with Crippen LogP contribution in [0.15, 0.2) is 60.1 Å². The van der Waals surface area contributed by atoms with Crippen molar-refractivity contribution in [2.24, 2.45) is 0 Å². The molecule has 0 amide bonds. The van der Waals surface area contributed by atoms with Crippen molar-refractivity contribution in [1.29, 1.82) is 0 Å². The molecule has 1 N–H and O–H groups in total. The Morgan fingerprint density at radius 1 is 1.26 bits per heavy atom. The lowest BCUT2D eigenvalue weighted by Crippen LogP contribution is -2.02. The van der Waals surface area contributed by atoms with E-state index >= 15 is 0 Å². The van der Waals surface area contributed by atoms with Crippen LogP contribution >= 0.6 is 19.1 Å². The van der Waals surface area contributed by atoms with Gasteiger partial charge in [-0.25, -0.2) is 13.9 Å². The Balaban J connectivity index is 1.73. The maximum atomic E-state index is 14.0. The van der Waals surface area contributed by atoms with Gasteiger partial charge in [0, 0.05) is 17.0 Å². The molecule has 1 atom stereocenters. The fraction of sp³-hybridized carbons (Fsp3) is 0.182. The Hall–Kier alpha value is -2.64. The van der Waals surface area contributed by atoms with Crippen LogP contribution < -0.4 is 0 Å². The topological polar surface area (TPSA) is 81.4 Å². The molecule has 4 aromatic rings. The van der Waals surface area contributed by atoms with Crippen LogP contribution in [0.3, 0.4) is 0 Å². The molecular formula is C22H20FN2O4PS. The highest BCUT2D eigenvalue weighted by Crippen LogP contribution is 2.48. The lowest BCUT2D eigenvalue weighted by molar-refractivity contribution is 0.103. The Kier molecular flexibility index (Phi) is 6.16. The van der Waals surface area contributed by atoms with Gasteiger partial charge in [-0.3, -0.25) is 13.7 Å². The molecule has 2 heterocycles. The van der Waals surface area contributed by atoms with Gasteiger partial charge in [0.05, 0.1) is 23.4 Å². The summed E-state index contributed by atoms with van der Waals surface area (Å²) in [6.07, 6.45) is 2.90. The first-order valence-corrected chi connectivity index (χ1v) is 12.1. The summed E-state index contributed by atoms with van der Waals surface area (Å²) in [5.41, 5.74) is 1.87. The lowest BCUT2D eigenvalue weighted by Gasteiger charge is -2.14. The molecule has 1 unspecified atom stereocenters. The van der Waals surface area contributed by atoms with E-state index in [9.17, 15) is 18.6 Å². The highest BCUT2D eigenvalue weighted by molar-refractivity contribution is 7.51. The average Bonchev–Trinajstić information content (AvgIpc) is 3.38. The van der Waals surface area contributed by atoms with E-state index in [1.54, 1.807) is 24.3 Å². The first-order valence-electron chi connectivity index (χ1n) is 9.71. The number of benzene rings is 2. The van der Waals surface area contributed by atoms with Gasteiger partial charge >= 0.3 is 7.75 Å². The third kappa shape index (κ3) is 4.52. The number of ketones is 1. The predicted octanol–water partition coefficient (Wildman–Crippen LogP) is 5.59. The van der Waals surface area contributed by atoms with Crippen molar-refractivity contribution in [3.8, 4) is 0 Å². The molecule has 0 aliphatic heterocycles. The molecule has 0 fully saturated rings. The van der Waals surface area contributed by atoms with Gasteiger partial charge in [0.1, 0.15) is 5.82 Å². The molecule has 0 aliphatic carbocycles. The van der Waals surface area contributed by atoms with E-state index < -0.39 is 19.3 Å². The molecule has 0 saturated carbocycles. The first kappa shape index (κ1) is 21.6. The van der Waals surface area contributed by atoms with E-state index in [0.717, 1.165) is 28.4 Å². The maximum absolute atomic E-state index is 14.0. The number of thiazole rings is 1. The van der Waals surface area contributed by atoms with Gasteiger partial charge in [0.25, 0.3) is 0 Å². The molecule has 0 radical (unpaired) electrons. The Labute approximate surface area is 182 Å². The van der Waals surface area contributed by atoms with Crippen LogP contribution in [0.25, 0.3) is 10.9 Å². The van der Waals surface area contributed by atoms with Crippen molar-refractivity contribution in [3.05, 3.63) is 87.8 Å². The number of carbonyl (C=O) groups is 1. The molecule has 0 aliphatic rings. The highest BCUT2D eigenvalue weighted by Gasteiger charge is 2.29. The van der Waals surface area contributed by atoms with Crippen molar-refractivity contribution >= 4 is 35.8 Å². The van der Waals surface area contributed by atoms with Gasteiger partial charge in [0.2, 0.25) is 5.78 Å². The molecule has 4 rings (SSSR count). The van der Waals surface area contributed by atoms with Gasteiger partial charge in [-0.05, 0) is 30.2 Å². The minimum atomic E-state index is -4.36. The SMILES string of the molecule is CCCc1csc(C(=O)c2cn(P(=O)(O)OCc3ccccc3)c3ccc(F)cc23)n1. The highest BCUT2D eigenvalue weighted by atomic mass is 32.1. The van der Waals surface area contributed by atoms with Crippen LogP contribution in [0.2, 0.25) is 0 Å². The van der Waals surface area contributed by atoms with Crippen LogP contribution in [0, 0.1) is 5.82 Å². The van der Waals surface area contributed by atoms with Crippen molar-refractivity contribution in [2.45, 2.75) is 26.4 Å². The molecule has 6 nitrogen and oxygen atoms in total. The summed E-state index contributed by atoms with van der Waals surface area (Å²) in [4.78, 5) is 28.1. The van der Waals surface area contributed by atoms with Crippen molar-refractivity contribution in [3.63, 3.8) is 0 Å². The number of aryl methyl sites for hydroxylation is 1. The zero-order chi connectivity index (χ0) is 22.0. The fourth-order valence-electron chi connectivity index (χ4n) is 3.27. The second-order valence-corrected chi connectivity index (χ2v) is 9.55. The van der Waals surface area contributed by atoms with Crippen molar-refractivity contribution in [2.75, 3.05) is 0 Å². The zero-order valence-electron chi connectivity index (χ0n) is 16.7. The molecule has 9 heteroatoms. The number of nitrogens with zero attached hydrogens (tertiary/aromatic N) is 2. The number of fused-ring (bicyclic) bond motifs is 1. The standard InChI is InChI=1S/C22H20FN2O4PS/c1-2-6-17-14-31-22(24-17)21(26)19-12-25(20-10-9-16(23)11-18(19)20)30(27,28)29-13-15-7-4-3-5-8-15/h3-5,7-12,14H,2,6,13H2,1H3,(H,27,28). The fourth-order valence-corrected chi connectivity index (χ4v) is 5.22. The van der Waals surface area contributed by atoms with E-state index in [4.69, 9.17) is 4.52 Å². The number of hydrogen-bond donors (Lipinski definition) is 1. The zero-order valence-corrected chi connectivity index (χ0v) is 18.4. The number of hydrogen-bond acceptors (Lipinski definition) is 5. The Morgan fingerprint density at radius 3 is 2.77 bits per heavy atom. The summed E-state index contributed by atoms with van der Waals surface area (Å²) in [6.45, 7) is 1.93. The lowest BCUT2D eigenvalue weighted by atomic mass is 10.1. The van der Waals surface area contributed by atoms with Crippen LogP contribution in [-0.2, 0) is 22.1 Å². The van der Waals surface area contributed by atoms with Crippen molar-refractivity contribution in [1.82, 2.24) is 9.32 Å². The summed E-state index contributed by atoms with van der Waals surface area (Å²) >= 11 is 1.20. The first-order chi connectivity index (χ1) is 14.9. The second kappa shape index (κ2) is 8.85. The minimum absolute atomic E-state index is 0.0916. The van der Waals surface area contributed by atoms with Crippen LogP contribution in [0.4, 0.5) is 4.39 Å². The van der Waals surface area contributed by atoms with E-state index in [1.807, 2.05) is 18.4 Å². The van der Waals surface area contributed by atoms with Gasteiger partial charge in [-0.1, -0.05) is 43.7 Å². The smallest absolute Gasteiger partial charge is 0.308 e. The number of aromatic nitrogens is 2. The van der Waals surface area contributed by atoms with Crippen LogP contribution in [0.1, 0.15) is 40.0 Å². The van der Waals surface area contributed by atoms with Gasteiger partial charge in [0.15, 0.2) is 5.01 Å². The number of rotatable bonds is 8. The van der Waals surface area contributed by atoms with Gasteiger partial charge < -0.3 is 4.89 Å². The normalized spacial score (nSPS) is 13.4. The molecule has 0 bridgehead atoms. The molecule has 0 spiro atoms. The van der Waals surface area contributed by atoms with E-state index in [-0.39, 0.29) is 28.1 Å². The van der Waals surface area contributed by atoms with Gasteiger partial charge in [-0.2, -0.15) is 0 Å². The maximum Gasteiger partial charge on any atom is 0.437 e. The second-order valence-electron chi connectivity index (χ2n) is 7.02. The minimum Gasteiger partial charge on any atom is -0.308 e. The summed E-state index contributed by atoms with van der Waals surface area (Å²) in [7, 11) is -4.36.